The number of rotatable bonds is 12. The summed E-state index contributed by atoms with van der Waals surface area (Å²) in [7, 11) is 0. The van der Waals surface area contributed by atoms with E-state index in [2.05, 4.69) is 12.2 Å². The van der Waals surface area contributed by atoms with Gasteiger partial charge in [-0.2, -0.15) is 0 Å². The molecule has 1 aliphatic carbocycles. The Kier molecular flexibility index (Phi) is 11.2. The second-order valence-electron chi connectivity index (χ2n) is 7.17. The van der Waals surface area contributed by atoms with E-state index in [9.17, 15) is 4.79 Å². The summed E-state index contributed by atoms with van der Waals surface area (Å²) in [4.78, 5) is 10.8. The van der Waals surface area contributed by atoms with Gasteiger partial charge < -0.3 is 11.1 Å². The molecular weight excluding hydrogens is 272 g/mol. The van der Waals surface area contributed by atoms with Gasteiger partial charge in [0.1, 0.15) is 0 Å². The Morgan fingerprint density at radius 1 is 1.00 bits per heavy atom. The summed E-state index contributed by atoms with van der Waals surface area (Å²) >= 11 is 0. The highest BCUT2D eigenvalue weighted by Crippen LogP contribution is 2.28. The third kappa shape index (κ3) is 10.1. The zero-order chi connectivity index (χ0) is 16.0. The number of unbranched alkanes of at least 4 members (excludes halogenated alkanes) is 6. The molecule has 0 aromatic carbocycles. The molecule has 0 saturated heterocycles. The number of carbonyl (C=O) groups excluding carboxylic acids is 1. The summed E-state index contributed by atoms with van der Waals surface area (Å²) in [6, 6.07) is -0.113. The number of carbonyl (C=O) groups is 1. The van der Waals surface area contributed by atoms with Crippen LogP contribution in [-0.2, 0) is 0 Å². The van der Waals surface area contributed by atoms with Gasteiger partial charge in [-0.25, -0.2) is 4.79 Å². The van der Waals surface area contributed by atoms with E-state index in [0.717, 1.165) is 18.8 Å². The number of nitrogens with two attached hydrogens (primary N) is 1. The van der Waals surface area contributed by atoms with Crippen molar-refractivity contribution in [3.63, 3.8) is 0 Å². The van der Waals surface area contributed by atoms with Gasteiger partial charge in [0, 0.05) is 6.04 Å². The number of urea groups is 1. The fourth-order valence-electron chi connectivity index (χ4n) is 3.76. The van der Waals surface area contributed by atoms with Crippen molar-refractivity contribution < 1.29 is 4.79 Å². The molecule has 0 aromatic heterocycles. The van der Waals surface area contributed by atoms with Crippen LogP contribution in [0.25, 0.3) is 0 Å². The summed E-state index contributed by atoms with van der Waals surface area (Å²) in [5.41, 5.74) is 5.17. The first-order valence-corrected chi connectivity index (χ1v) is 9.78. The molecule has 0 spiro atoms. The minimum absolute atomic E-state index is 0.271. The molecule has 22 heavy (non-hydrogen) atoms. The largest absolute Gasteiger partial charge is 0.352 e. The molecule has 1 rings (SSSR count). The lowest BCUT2D eigenvalue weighted by atomic mass is 9.85. The van der Waals surface area contributed by atoms with Crippen molar-refractivity contribution in [2.45, 2.75) is 109 Å². The van der Waals surface area contributed by atoms with Crippen LogP contribution in [0.4, 0.5) is 4.79 Å². The third-order valence-electron chi connectivity index (χ3n) is 5.23. The fraction of sp³-hybridized carbons (Fsp3) is 0.947. The standard InChI is InChI=1S/C19H38N2O/c1-2-18(21-19(20)22)16-12-7-5-3-4-6-9-13-17-14-10-8-11-15-17/h17-18H,2-16H2,1H3,(H3,20,21,22). The van der Waals surface area contributed by atoms with Gasteiger partial charge in [0.15, 0.2) is 0 Å². The fourth-order valence-corrected chi connectivity index (χ4v) is 3.76. The van der Waals surface area contributed by atoms with E-state index < -0.39 is 0 Å². The van der Waals surface area contributed by atoms with Crippen LogP contribution in [0, 0.1) is 5.92 Å². The number of nitrogens with one attached hydrogen (secondary N) is 1. The van der Waals surface area contributed by atoms with Gasteiger partial charge in [-0.05, 0) is 18.8 Å². The summed E-state index contributed by atoms with van der Waals surface area (Å²) in [6.07, 6.45) is 20.5. The van der Waals surface area contributed by atoms with E-state index >= 15 is 0 Å². The third-order valence-corrected chi connectivity index (χ3v) is 5.23. The molecule has 0 bridgehead atoms. The minimum atomic E-state index is -0.384. The van der Waals surface area contributed by atoms with Gasteiger partial charge in [-0.15, -0.1) is 0 Å². The maximum atomic E-state index is 10.8. The molecule has 1 atom stereocenters. The first-order valence-electron chi connectivity index (χ1n) is 9.78. The van der Waals surface area contributed by atoms with Gasteiger partial charge in [0.25, 0.3) is 0 Å². The predicted octanol–water partition coefficient (Wildman–Crippen LogP) is 5.52. The summed E-state index contributed by atoms with van der Waals surface area (Å²) < 4.78 is 0. The molecular formula is C19H38N2O. The average molecular weight is 311 g/mol. The van der Waals surface area contributed by atoms with Gasteiger partial charge in [-0.1, -0.05) is 90.4 Å². The smallest absolute Gasteiger partial charge is 0.312 e. The molecule has 1 saturated carbocycles. The van der Waals surface area contributed by atoms with Crippen LogP contribution in [0.2, 0.25) is 0 Å². The minimum Gasteiger partial charge on any atom is -0.352 e. The van der Waals surface area contributed by atoms with Crippen molar-refractivity contribution in [1.29, 1.82) is 0 Å². The Morgan fingerprint density at radius 2 is 1.59 bits per heavy atom. The van der Waals surface area contributed by atoms with E-state index in [-0.39, 0.29) is 12.1 Å². The van der Waals surface area contributed by atoms with Crippen molar-refractivity contribution in [3.05, 3.63) is 0 Å². The number of primary amides is 1. The first-order chi connectivity index (χ1) is 10.7. The number of hydrogen-bond donors (Lipinski definition) is 2. The Bertz CT molecular complexity index is 275. The topological polar surface area (TPSA) is 55.1 Å². The van der Waals surface area contributed by atoms with Crippen LogP contribution < -0.4 is 11.1 Å². The molecule has 3 nitrogen and oxygen atoms in total. The van der Waals surface area contributed by atoms with Gasteiger partial charge in [0.05, 0.1) is 0 Å². The molecule has 3 N–H and O–H groups in total. The van der Waals surface area contributed by atoms with E-state index in [1.807, 2.05) is 0 Å². The molecule has 1 aliphatic rings. The van der Waals surface area contributed by atoms with Gasteiger partial charge in [0.2, 0.25) is 0 Å². The Labute approximate surface area is 137 Å². The number of amides is 2. The highest BCUT2D eigenvalue weighted by Gasteiger charge is 2.12. The molecule has 130 valence electrons. The van der Waals surface area contributed by atoms with Crippen LogP contribution >= 0.6 is 0 Å². The Balaban J connectivity index is 1.83. The molecule has 1 unspecified atom stereocenters. The lowest BCUT2D eigenvalue weighted by Crippen LogP contribution is -2.38. The van der Waals surface area contributed by atoms with Crippen LogP contribution in [-0.4, -0.2) is 12.1 Å². The van der Waals surface area contributed by atoms with Crippen molar-refractivity contribution in [3.8, 4) is 0 Å². The summed E-state index contributed by atoms with van der Waals surface area (Å²) in [5.74, 6) is 1.05. The molecule has 0 aromatic rings. The van der Waals surface area contributed by atoms with Gasteiger partial charge >= 0.3 is 6.03 Å². The van der Waals surface area contributed by atoms with E-state index in [1.165, 1.54) is 83.5 Å². The molecule has 0 radical (unpaired) electrons. The maximum Gasteiger partial charge on any atom is 0.312 e. The molecule has 1 fully saturated rings. The molecule has 2 amide bonds. The average Bonchev–Trinajstić information content (AvgIpc) is 2.52. The SMILES string of the molecule is CCC(CCCCCCCCCC1CCCCC1)NC(N)=O. The molecule has 0 aliphatic heterocycles. The molecule has 0 heterocycles. The Morgan fingerprint density at radius 3 is 2.18 bits per heavy atom. The van der Waals surface area contributed by atoms with E-state index in [4.69, 9.17) is 5.73 Å². The lowest BCUT2D eigenvalue weighted by Gasteiger charge is -2.21. The van der Waals surface area contributed by atoms with Crippen molar-refractivity contribution >= 4 is 6.03 Å². The van der Waals surface area contributed by atoms with Crippen molar-refractivity contribution in [2.24, 2.45) is 11.7 Å². The zero-order valence-corrected chi connectivity index (χ0v) is 14.7. The lowest BCUT2D eigenvalue weighted by molar-refractivity contribution is 0.243. The van der Waals surface area contributed by atoms with Crippen LogP contribution in [0.15, 0.2) is 0 Å². The predicted molar refractivity (Wildman–Crippen MR) is 94.9 cm³/mol. The highest BCUT2D eigenvalue weighted by atomic mass is 16.2. The van der Waals surface area contributed by atoms with Crippen LogP contribution in [0.1, 0.15) is 103 Å². The summed E-state index contributed by atoms with van der Waals surface area (Å²) in [5, 5.41) is 2.82. The monoisotopic (exact) mass is 310 g/mol. The van der Waals surface area contributed by atoms with E-state index in [1.54, 1.807) is 0 Å². The zero-order valence-electron chi connectivity index (χ0n) is 14.7. The normalized spacial score (nSPS) is 17.3. The number of hydrogen-bond acceptors (Lipinski definition) is 1. The maximum absolute atomic E-state index is 10.8. The summed E-state index contributed by atoms with van der Waals surface area (Å²) in [6.45, 7) is 2.10. The highest BCUT2D eigenvalue weighted by molar-refractivity contribution is 5.71. The first kappa shape index (κ1) is 19.3. The van der Waals surface area contributed by atoms with Crippen LogP contribution in [0.5, 0.6) is 0 Å². The van der Waals surface area contributed by atoms with Crippen molar-refractivity contribution in [1.82, 2.24) is 5.32 Å². The molecule has 3 heteroatoms. The van der Waals surface area contributed by atoms with Crippen molar-refractivity contribution in [2.75, 3.05) is 0 Å². The Hall–Kier alpha value is -0.730. The van der Waals surface area contributed by atoms with Gasteiger partial charge in [-0.3, -0.25) is 0 Å². The van der Waals surface area contributed by atoms with E-state index in [0.29, 0.717) is 0 Å². The second kappa shape index (κ2) is 12.8. The quantitative estimate of drug-likeness (QED) is 0.458. The second-order valence-corrected chi connectivity index (χ2v) is 7.17. The van der Waals surface area contributed by atoms with Crippen LogP contribution in [0.3, 0.4) is 0 Å².